The predicted molar refractivity (Wildman–Crippen MR) is 91.7 cm³/mol. The van der Waals surface area contributed by atoms with Gasteiger partial charge < -0.3 is 5.73 Å². The van der Waals surface area contributed by atoms with Crippen molar-refractivity contribution in [3.05, 3.63) is 52.5 Å². The van der Waals surface area contributed by atoms with Gasteiger partial charge in [0.25, 0.3) is 0 Å². The second-order valence-electron chi connectivity index (χ2n) is 5.51. The van der Waals surface area contributed by atoms with Crippen molar-refractivity contribution in [2.45, 2.75) is 20.8 Å². The number of carbonyl (C=O) groups excluding carboxylic acids is 1. The number of pyridine rings is 1. The Labute approximate surface area is 131 Å². The van der Waals surface area contributed by atoms with Crippen molar-refractivity contribution in [2.24, 2.45) is 11.7 Å². The summed E-state index contributed by atoms with van der Waals surface area (Å²) in [6.45, 7) is 6.46. The lowest BCUT2D eigenvalue weighted by Crippen LogP contribution is -2.34. The van der Waals surface area contributed by atoms with Crippen LogP contribution in [0.15, 0.2) is 36.5 Å². The average molecular weight is 294 g/mol. The Morgan fingerprint density at radius 3 is 2.36 bits per heavy atom. The highest BCUT2D eigenvalue weighted by Crippen LogP contribution is 2.22. The van der Waals surface area contributed by atoms with Crippen LogP contribution in [0.4, 0.5) is 0 Å². The van der Waals surface area contributed by atoms with E-state index in [1.54, 1.807) is 6.08 Å². The normalized spacial score (nSPS) is 13.5. The van der Waals surface area contributed by atoms with E-state index in [9.17, 15) is 4.79 Å². The van der Waals surface area contributed by atoms with Crippen LogP contribution < -0.4 is 16.2 Å². The van der Waals surface area contributed by atoms with E-state index in [-0.39, 0.29) is 5.78 Å². The lowest BCUT2D eigenvalue weighted by Gasteiger charge is -2.14. The quantitative estimate of drug-likeness (QED) is 0.876. The molecule has 1 aromatic heterocycles. The molecule has 1 aliphatic carbocycles. The smallest absolute Gasteiger partial charge is 0.187 e. The maximum atomic E-state index is 12.3. The van der Waals surface area contributed by atoms with Crippen LogP contribution in [0.2, 0.25) is 0 Å². The molecule has 3 nitrogen and oxygen atoms in total. The first kappa shape index (κ1) is 16.1. The minimum Gasteiger partial charge on any atom is -0.333 e. The minimum absolute atomic E-state index is 0.0684. The Bertz CT molecular complexity index is 820. The summed E-state index contributed by atoms with van der Waals surface area (Å²) in [5.41, 5.74) is 8.38. The van der Waals surface area contributed by atoms with Gasteiger partial charge in [0.2, 0.25) is 0 Å². The molecule has 2 N–H and O–H groups in total. The zero-order valence-electron chi connectivity index (χ0n) is 13.6. The molecule has 1 heterocycles. The molecule has 0 unspecified atom stereocenters. The molecule has 1 aromatic carbocycles. The average Bonchev–Trinajstić information content (AvgIpc) is 2.56. The molecule has 1 aliphatic rings. The number of benzene rings is 1. The number of fused-ring (bicyclic) bond motifs is 3. The van der Waals surface area contributed by atoms with Gasteiger partial charge in [0.1, 0.15) is 0 Å². The second-order valence-corrected chi connectivity index (χ2v) is 5.51. The van der Waals surface area contributed by atoms with E-state index < -0.39 is 0 Å². The zero-order valence-corrected chi connectivity index (χ0v) is 13.6. The van der Waals surface area contributed by atoms with E-state index in [0.29, 0.717) is 5.92 Å². The molecule has 3 rings (SSSR count). The molecule has 0 amide bonds. The van der Waals surface area contributed by atoms with Gasteiger partial charge in [-0.3, -0.25) is 9.78 Å². The summed E-state index contributed by atoms with van der Waals surface area (Å²) in [5, 5.41) is 2.09. The molecule has 114 valence electrons. The summed E-state index contributed by atoms with van der Waals surface area (Å²) >= 11 is 0. The third-order valence-electron chi connectivity index (χ3n) is 4.00. The Hall–Kier alpha value is -2.26. The van der Waals surface area contributed by atoms with E-state index in [0.717, 1.165) is 27.3 Å². The Morgan fingerprint density at radius 2 is 1.73 bits per heavy atom. The van der Waals surface area contributed by atoms with Crippen molar-refractivity contribution in [3.8, 4) is 11.3 Å². The third-order valence-corrected chi connectivity index (χ3v) is 4.00. The van der Waals surface area contributed by atoms with Crippen molar-refractivity contribution >= 4 is 17.4 Å². The number of ketones is 1. The molecule has 22 heavy (non-hydrogen) atoms. The zero-order chi connectivity index (χ0) is 16.3. The number of nitrogens with two attached hydrogens (primary N) is 1. The van der Waals surface area contributed by atoms with Crippen LogP contribution in [-0.4, -0.2) is 17.8 Å². The summed E-state index contributed by atoms with van der Waals surface area (Å²) in [4.78, 5) is 16.8. The van der Waals surface area contributed by atoms with E-state index >= 15 is 0 Å². The number of carbonyl (C=O) groups is 1. The van der Waals surface area contributed by atoms with Gasteiger partial charge in [-0.05, 0) is 37.3 Å². The molecule has 0 saturated heterocycles. The summed E-state index contributed by atoms with van der Waals surface area (Å²) in [5.74, 6) is 0.515. The van der Waals surface area contributed by atoms with E-state index in [1.165, 1.54) is 12.6 Å². The molecule has 0 saturated carbocycles. The second kappa shape index (κ2) is 6.67. The van der Waals surface area contributed by atoms with Crippen molar-refractivity contribution in [3.63, 3.8) is 0 Å². The molecule has 0 fully saturated rings. The van der Waals surface area contributed by atoms with Gasteiger partial charge in [-0.15, -0.1) is 0 Å². The van der Waals surface area contributed by atoms with Gasteiger partial charge in [-0.1, -0.05) is 43.7 Å². The summed E-state index contributed by atoms with van der Waals surface area (Å²) in [6, 6.07) is 9.69. The fourth-order valence-electron chi connectivity index (χ4n) is 2.60. The Kier molecular flexibility index (Phi) is 4.88. The standard InChI is InChI=1S/C18H17NO.CH5N/c1-11(2)12(3)13-8-9-19-18-15-7-5-4-6-14(15)17(20)10-16(13)18;1-2/h4-11H,1-3H3;2H2,1H3/b13-12-;. The van der Waals surface area contributed by atoms with Crippen LogP contribution in [0.3, 0.4) is 0 Å². The van der Waals surface area contributed by atoms with Gasteiger partial charge in [0.05, 0.1) is 5.69 Å². The lowest BCUT2D eigenvalue weighted by atomic mass is 9.91. The summed E-state index contributed by atoms with van der Waals surface area (Å²) in [6.07, 6.45) is 3.56. The van der Waals surface area contributed by atoms with Gasteiger partial charge in [0.15, 0.2) is 5.78 Å². The SMILES string of the molecule is C/C(=c1\ccnc2c1=CC(=O)c1ccccc1-2)C(C)C.CN. The van der Waals surface area contributed by atoms with Crippen LogP contribution in [-0.2, 0) is 0 Å². The Balaban J connectivity index is 0.000000847. The number of hydrogen-bond donors (Lipinski definition) is 1. The van der Waals surface area contributed by atoms with Gasteiger partial charge in [-0.2, -0.15) is 0 Å². The van der Waals surface area contributed by atoms with Crippen molar-refractivity contribution in [1.82, 2.24) is 4.98 Å². The topological polar surface area (TPSA) is 56.0 Å². The maximum absolute atomic E-state index is 12.3. The number of aromatic nitrogens is 1. The first-order valence-corrected chi connectivity index (χ1v) is 7.48. The van der Waals surface area contributed by atoms with Crippen molar-refractivity contribution in [2.75, 3.05) is 7.05 Å². The molecule has 0 atom stereocenters. The van der Waals surface area contributed by atoms with Crippen LogP contribution in [0.5, 0.6) is 0 Å². The van der Waals surface area contributed by atoms with Crippen LogP contribution >= 0.6 is 0 Å². The fraction of sp³-hybridized carbons (Fsp3) is 0.263. The number of rotatable bonds is 1. The Morgan fingerprint density at radius 1 is 1.09 bits per heavy atom. The lowest BCUT2D eigenvalue weighted by molar-refractivity contribution is 0.106. The summed E-state index contributed by atoms with van der Waals surface area (Å²) < 4.78 is 0. The maximum Gasteiger partial charge on any atom is 0.187 e. The highest BCUT2D eigenvalue weighted by Gasteiger charge is 2.18. The first-order valence-electron chi connectivity index (χ1n) is 7.48. The molecule has 3 heteroatoms. The largest absolute Gasteiger partial charge is 0.333 e. The van der Waals surface area contributed by atoms with Crippen LogP contribution in [0.25, 0.3) is 22.9 Å². The van der Waals surface area contributed by atoms with E-state index in [4.69, 9.17) is 0 Å². The van der Waals surface area contributed by atoms with Crippen LogP contribution in [0, 0.1) is 5.92 Å². The van der Waals surface area contributed by atoms with Crippen molar-refractivity contribution in [1.29, 1.82) is 0 Å². The molecule has 2 aromatic rings. The fourth-order valence-corrected chi connectivity index (χ4v) is 2.60. The molecule has 0 aliphatic heterocycles. The number of hydrogen-bond acceptors (Lipinski definition) is 3. The van der Waals surface area contributed by atoms with E-state index in [2.05, 4.69) is 31.5 Å². The first-order chi connectivity index (χ1) is 10.6. The van der Waals surface area contributed by atoms with Gasteiger partial charge in [0, 0.05) is 22.5 Å². The molecule has 0 spiro atoms. The van der Waals surface area contributed by atoms with Crippen molar-refractivity contribution < 1.29 is 4.79 Å². The predicted octanol–water partition coefficient (Wildman–Crippen LogP) is 2.13. The molecular formula is C19H22N2O. The van der Waals surface area contributed by atoms with E-state index in [1.807, 2.05) is 36.5 Å². The molecular weight excluding hydrogens is 272 g/mol. The van der Waals surface area contributed by atoms with Gasteiger partial charge >= 0.3 is 0 Å². The number of Topliss-reactive ketones (excluding diaryl/α,β-unsaturated/α-hetero) is 1. The highest BCUT2D eigenvalue weighted by atomic mass is 16.1. The monoisotopic (exact) mass is 294 g/mol. The minimum atomic E-state index is 0.0684. The molecule has 0 bridgehead atoms. The summed E-state index contributed by atoms with van der Waals surface area (Å²) in [7, 11) is 1.50. The molecule has 0 radical (unpaired) electrons. The highest BCUT2D eigenvalue weighted by molar-refractivity contribution is 6.22. The third kappa shape index (κ3) is 2.72. The number of nitrogens with zero attached hydrogens (tertiary/aromatic N) is 1. The van der Waals surface area contributed by atoms with Gasteiger partial charge in [-0.25, -0.2) is 0 Å². The van der Waals surface area contributed by atoms with Crippen LogP contribution in [0.1, 0.15) is 31.1 Å².